The number of rotatable bonds is 1. The molecule has 0 spiro atoms. The fourth-order valence-corrected chi connectivity index (χ4v) is 1.67. The summed E-state index contributed by atoms with van der Waals surface area (Å²) in [5.41, 5.74) is -0.565. The minimum Gasteiger partial charge on any atom is -0.269 e. The van der Waals surface area contributed by atoms with E-state index < -0.39 is 17.8 Å². The second-order valence-corrected chi connectivity index (χ2v) is 3.54. The number of anilines is 1. The molecule has 0 aliphatic carbocycles. The van der Waals surface area contributed by atoms with Crippen molar-refractivity contribution in [3.63, 3.8) is 0 Å². The first-order valence-corrected chi connectivity index (χ1v) is 4.77. The maximum Gasteiger partial charge on any atom is 0.416 e. The lowest BCUT2D eigenvalue weighted by atomic mass is 10.1. The summed E-state index contributed by atoms with van der Waals surface area (Å²) in [5, 5.41) is 6.73. The number of hydrogen-bond donors (Lipinski definition) is 0. The predicted molar refractivity (Wildman–Crippen MR) is 53.8 cm³/mol. The number of urea groups is 1. The highest BCUT2D eigenvalue weighted by Crippen LogP contribution is 2.36. The van der Waals surface area contributed by atoms with Crippen molar-refractivity contribution in [1.29, 1.82) is 0 Å². The van der Waals surface area contributed by atoms with Gasteiger partial charge in [-0.3, -0.25) is 4.90 Å². The first-order valence-electron chi connectivity index (χ1n) is 4.77. The highest BCUT2D eigenvalue weighted by molar-refractivity contribution is 5.94. The Hall–Kier alpha value is -1.92. The summed E-state index contributed by atoms with van der Waals surface area (Å²) >= 11 is 0. The van der Waals surface area contributed by atoms with Crippen LogP contribution in [0.2, 0.25) is 0 Å². The number of benzene rings is 1. The van der Waals surface area contributed by atoms with E-state index in [0.717, 1.165) is 11.0 Å². The van der Waals surface area contributed by atoms with Gasteiger partial charge in [0.25, 0.3) is 0 Å². The lowest BCUT2D eigenvalue weighted by molar-refractivity contribution is -0.138. The molecule has 1 aromatic carbocycles. The molecule has 2 rings (SSSR count). The minimum absolute atomic E-state index is 0.000602. The van der Waals surface area contributed by atoms with E-state index in [-0.39, 0.29) is 17.9 Å². The molecule has 0 radical (unpaired) electrons. The average molecular weight is 243 g/mol. The van der Waals surface area contributed by atoms with E-state index in [1.807, 2.05) is 0 Å². The Labute approximate surface area is 94.8 Å². The fourth-order valence-electron chi connectivity index (χ4n) is 1.67. The Balaban J connectivity index is 2.47. The predicted octanol–water partition coefficient (Wildman–Crippen LogP) is 3.36. The molecule has 1 heterocycles. The lowest BCUT2D eigenvalue weighted by Gasteiger charge is -2.19. The zero-order valence-corrected chi connectivity index (χ0v) is 8.82. The summed E-state index contributed by atoms with van der Waals surface area (Å²) in [5.74, 6) is 0. The van der Waals surface area contributed by atoms with Crippen molar-refractivity contribution in [2.75, 3.05) is 11.6 Å². The van der Waals surface area contributed by atoms with Crippen LogP contribution < -0.4 is 4.90 Å². The van der Waals surface area contributed by atoms with E-state index in [0.29, 0.717) is 0 Å². The molecule has 0 N–H and O–H groups in total. The molecule has 0 atom stereocenters. The molecular formula is C10H8F3N3O. The minimum atomic E-state index is -4.43. The Bertz CT molecular complexity index is 496. The van der Waals surface area contributed by atoms with Gasteiger partial charge in [0.15, 0.2) is 0 Å². The summed E-state index contributed by atoms with van der Waals surface area (Å²) in [7, 11) is 0. The molecule has 7 heteroatoms. The third kappa shape index (κ3) is 2.00. The first kappa shape index (κ1) is 11.6. The van der Waals surface area contributed by atoms with Crippen LogP contribution in [0.3, 0.4) is 0 Å². The number of amides is 2. The monoisotopic (exact) mass is 243 g/mol. The second-order valence-electron chi connectivity index (χ2n) is 3.54. The van der Waals surface area contributed by atoms with Crippen LogP contribution in [0.25, 0.3) is 0 Å². The zero-order chi connectivity index (χ0) is 12.6. The van der Waals surface area contributed by atoms with E-state index in [1.54, 1.807) is 0 Å². The van der Waals surface area contributed by atoms with Gasteiger partial charge in [-0.15, -0.1) is 0 Å². The van der Waals surface area contributed by atoms with Crippen LogP contribution in [0.1, 0.15) is 11.1 Å². The van der Waals surface area contributed by atoms with E-state index in [1.165, 1.54) is 19.1 Å². The van der Waals surface area contributed by atoms with Crippen molar-refractivity contribution in [3.8, 4) is 0 Å². The van der Waals surface area contributed by atoms with Gasteiger partial charge in [0.1, 0.15) is 6.67 Å². The maximum atomic E-state index is 12.7. The summed E-state index contributed by atoms with van der Waals surface area (Å²) in [6, 6.07) is 3.04. The van der Waals surface area contributed by atoms with Gasteiger partial charge in [0.2, 0.25) is 0 Å². The lowest BCUT2D eigenvalue weighted by Crippen LogP contribution is -2.25. The fraction of sp³-hybridized carbons (Fsp3) is 0.300. The van der Waals surface area contributed by atoms with Gasteiger partial charge >= 0.3 is 12.2 Å². The molecule has 0 fully saturated rings. The van der Waals surface area contributed by atoms with Crippen LogP contribution >= 0.6 is 0 Å². The summed E-state index contributed by atoms with van der Waals surface area (Å²) in [6.45, 7) is 1.28. The van der Waals surface area contributed by atoms with Crippen molar-refractivity contribution >= 4 is 11.7 Å². The summed E-state index contributed by atoms with van der Waals surface area (Å²) in [6.07, 6.45) is -4.43. The first-order chi connectivity index (χ1) is 7.91. The largest absolute Gasteiger partial charge is 0.416 e. The van der Waals surface area contributed by atoms with Crippen molar-refractivity contribution in [3.05, 3.63) is 29.3 Å². The van der Waals surface area contributed by atoms with E-state index >= 15 is 0 Å². The van der Waals surface area contributed by atoms with Gasteiger partial charge in [-0.25, -0.2) is 4.79 Å². The quantitative estimate of drug-likeness (QED) is 0.745. The molecule has 17 heavy (non-hydrogen) atoms. The Morgan fingerprint density at radius 1 is 1.35 bits per heavy atom. The Morgan fingerprint density at radius 2 is 2.06 bits per heavy atom. The molecule has 2 amide bonds. The van der Waals surface area contributed by atoms with Gasteiger partial charge in [0.05, 0.1) is 11.3 Å². The second kappa shape index (κ2) is 3.83. The van der Waals surface area contributed by atoms with Crippen LogP contribution in [-0.4, -0.2) is 12.7 Å². The van der Waals surface area contributed by atoms with Gasteiger partial charge in [0, 0.05) is 0 Å². The number of alkyl halides is 3. The Morgan fingerprint density at radius 3 is 2.59 bits per heavy atom. The maximum absolute atomic E-state index is 12.7. The van der Waals surface area contributed by atoms with E-state index in [2.05, 4.69) is 10.2 Å². The number of azo groups is 1. The normalized spacial score (nSPS) is 15.8. The van der Waals surface area contributed by atoms with Crippen LogP contribution in [0.15, 0.2) is 28.4 Å². The van der Waals surface area contributed by atoms with Crippen molar-refractivity contribution < 1.29 is 18.0 Å². The molecule has 1 aliphatic heterocycles. The number of halogens is 3. The molecule has 90 valence electrons. The van der Waals surface area contributed by atoms with Gasteiger partial charge in [-0.1, -0.05) is 11.2 Å². The summed E-state index contributed by atoms with van der Waals surface area (Å²) in [4.78, 5) is 12.4. The van der Waals surface area contributed by atoms with Crippen LogP contribution in [0.5, 0.6) is 0 Å². The smallest absolute Gasteiger partial charge is 0.269 e. The molecule has 4 nitrogen and oxygen atoms in total. The number of carbonyl (C=O) groups excluding carboxylic acids is 1. The highest BCUT2D eigenvalue weighted by Gasteiger charge is 2.34. The SMILES string of the molecule is Cc1c(N2CN=NC2=O)cccc1C(F)(F)F. The molecular weight excluding hydrogens is 235 g/mol. The topological polar surface area (TPSA) is 45.0 Å². The third-order valence-corrected chi connectivity index (χ3v) is 2.49. The number of nitrogens with zero attached hydrogens (tertiary/aromatic N) is 3. The molecule has 0 unspecified atom stereocenters. The third-order valence-electron chi connectivity index (χ3n) is 2.49. The molecule has 0 saturated carbocycles. The van der Waals surface area contributed by atoms with E-state index in [9.17, 15) is 18.0 Å². The van der Waals surface area contributed by atoms with E-state index in [4.69, 9.17) is 0 Å². The van der Waals surface area contributed by atoms with Crippen molar-refractivity contribution in [2.45, 2.75) is 13.1 Å². The van der Waals surface area contributed by atoms with Gasteiger partial charge < -0.3 is 0 Å². The van der Waals surface area contributed by atoms with Gasteiger partial charge in [-0.2, -0.15) is 18.3 Å². The van der Waals surface area contributed by atoms with Crippen LogP contribution in [-0.2, 0) is 6.18 Å². The Kier molecular flexibility index (Phi) is 2.60. The molecule has 0 bridgehead atoms. The standard InChI is InChI=1S/C10H8F3N3O/c1-6-7(10(11,12)13)3-2-4-8(6)16-5-14-15-9(16)17/h2-4H,5H2,1H3. The number of hydrogen-bond acceptors (Lipinski definition) is 2. The molecule has 1 aromatic rings. The van der Waals surface area contributed by atoms with Crippen LogP contribution in [0.4, 0.5) is 23.7 Å². The average Bonchev–Trinajstić information content (AvgIpc) is 2.63. The molecule has 1 aliphatic rings. The molecule has 0 aromatic heterocycles. The highest BCUT2D eigenvalue weighted by atomic mass is 19.4. The van der Waals surface area contributed by atoms with Crippen molar-refractivity contribution in [2.24, 2.45) is 10.2 Å². The summed E-state index contributed by atoms with van der Waals surface area (Å²) < 4.78 is 38.0. The van der Waals surface area contributed by atoms with Crippen molar-refractivity contribution in [1.82, 2.24) is 0 Å². The van der Waals surface area contributed by atoms with Crippen LogP contribution in [0, 0.1) is 6.92 Å². The zero-order valence-electron chi connectivity index (χ0n) is 8.82. The number of carbonyl (C=O) groups is 1. The molecule has 0 saturated heterocycles. The van der Waals surface area contributed by atoms with Gasteiger partial charge in [-0.05, 0) is 24.6 Å².